The van der Waals surface area contributed by atoms with Gasteiger partial charge in [-0.25, -0.2) is 0 Å². The Morgan fingerprint density at radius 1 is 0.710 bits per heavy atom. The molecule has 31 heavy (non-hydrogen) atoms. The summed E-state index contributed by atoms with van der Waals surface area (Å²) in [6, 6.07) is 23.9. The third-order valence-corrected chi connectivity index (χ3v) is 4.60. The Morgan fingerprint density at radius 2 is 1.39 bits per heavy atom. The molecule has 3 N–H and O–H groups in total. The van der Waals surface area contributed by atoms with Crippen LogP contribution in [0.25, 0.3) is 11.1 Å². The van der Waals surface area contributed by atoms with Crippen molar-refractivity contribution in [3.05, 3.63) is 90.0 Å². The van der Waals surface area contributed by atoms with Gasteiger partial charge in [-0.2, -0.15) is 0 Å². The summed E-state index contributed by atoms with van der Waals surface area (Å²) < 4.78 is 0. The number of amides is 3. The van der Waals surface area contributed by atoms with Crippen LogP contribution < -0.4 is 21.1 Å². The summed E-state index contributed by atoms with van der Waals surface area (Å²) in [5.41, 5.74) is 8.42. The van der Waals surface area contributed by atoms with Crippen LogP contribution in [0.15, 0.2) is 78.9 Å². The second kappa shape index (κ2) is 10.1. The number of hydrazine groups is 1. The van der Waals surface area contributed by atoms with Gasteiger partial charge in [-0.15, -0.1) is 0 Å². The molecule has 7 nitrogen and oxygen atoms in total. The van der Waals surface area contributed by atoms with Gasteiger partial charge in [0.25, 0.3) is 17.7 Å². The summed E-state index contributed by atoms with van der Waals surface area (Å²) in [4.78, 5) is 38.3. The monoisotopic (exact) mass is 416 g/mol. The number of carbonyl (C=O) groups is 3. The normalized spacial score (nSPS) is 10.1. The van der Waals surface area contributed by atoms with Crippen molar-refractivity contribution in [2.24, 2.45) is 0 Å². The first-order chi connectivity index (χ1) is 14.9. The standard InChI is InChI=1S/C24H24N4O3/c1-28(2)21-10-6-9-20(15-21)24(31)27-26-22(29)16-25-23(30)19-13-11-18(12-14-19)17-7-4-3-5-8-17/h3-15H,16H2,1-2H3,(H,25,30)(H,26,29)(H,27,31). The zero-order valence-electron chi connectivity index (χ0n) is 17.4. The number of hydrogen-bond donors (Lipinski definition) is 3. The van der Waals surface area contributed by atoms with Crippen molar-refractivity contribution >= 4 is 23.4 Å². The maximum atomic E-state index is 12.3. The van der Waals surface area contributed by atoms with Crippen LogP contribution in [0.2, 0.25) is 0 Å². The molecule has 0 unspecified atom stereocenters. The van der Waals surface area contributed by atoms with Crippen molar-refractivity contribution in [1.29, 1.82) is 0 Å². The minimum absolute atomic E-state index is 0.267. The van der Waals surface area contributed by atoms with Crippen molar-refractivity contribution in [3.63, 3.8) is 0 Å². The SMILES string of the molecule is CN(C)c1cccc(C(=O)NNC(=O)CNC(=O)c2ccc(-c3ccccc3)cc2)c1. The van der Waals surface area contributed by atoms with E-state index in [1.807, 2.05) is 67.5 Å². The van der Waals surface area contributed by atoms with Crippen molar-refractivity contribution in [3.8, 4) is 11.1 Å². The van der Waals surface area contributed by atoms with Crippen molar-refractivity contribution in [1.82, 2.24) is 16.2 Å². The number of nitrogens with one attached hydrogen (secondary N) is 3. The molecule has 3 rings (SSSR count). The Balaban J connectivity index is 1.47. The van der Waals surface area contributed by atoms with E-state index in [1.165, 1.54) is 0 Å². The quantitative estimate of drug-likeness (QED) is 0.539. The molecule has 0 radical (unpaired) electrons. The van der Waals surface area contributed by atoms with Gasteiger partial charge in [0.05, 0.1) is 6.54 Å². The van der Waals surface area contributed by atoms with Crippen LogP contribution in [-0.2, 0) is 4.79 Å². The van der Waals surface area contributed by atoms with E-state index in [-0.39, 0.29) is 12.5 Å². The number of anilines is 1. The molecule has 0 aliphatic rings. The van der Waals surface area contributed by atoms with Gasteiger partial charge in [-0.3, -0.25) is 25.2 Å². The van der Waals surface area contributed by atoms with Gasteiger partial charge in [-0.05, 0) is 41.5 Å². The molecule has 3 amide bonds. The Hall–Kier alpha value is -4.13. The lowest BCUT2D eigenvalue weighted by Gasteiger charge is -2.13. The summed E-state index contributed by atoms with van der Waals surface area (Å²) in [5, 5.41) is 2.54. The predicted molar refractivity (Wildman–Crippen MR) is 121 cm³/mol. The molecule has 0 aliphatic carbocycles. The van der Waals surface area contributed by atoms with Crippen LogP contribution in [-0.4, -0.2) is 38.4 Å². The summed E-state index contributed by atoms with van der Waals surface area (Å²) in [6.45, 7) is -0.267. The fourth-order valence-corrected chi connectivity index (χ4v) is 2.88. The lowest BCUT2D eigenvalue weighted by atomic mass is 10.0. The van der Waals surface area contributed by atoms with E-state index >= 15 is 0 Å². The first kappa shape index (κ1) is 21.6. The zero-order valence-corrected chi connectivity index (χ0v) is 17.4. The fraction of sp³-hybridized carbons (Fsp3) is 0.125. The average Bonchev–Trinajstić information content (AvgIpc) is 2.81. The van der Waals surface area contributed by atoms with Crippen LogP contribution in [0.5, 0.6) is 0 Å². The average molecular weight is 416 g/mol. The Labute approximate surface area is 181 Å². The highest BCUT2D eigenvalue weighted by atomic mass is 16.2. The van der Waals surface area contributed by atoms with Gasteiger partial charge in [0.2, 0.25) is 0 Å². The topological polar surface area (TPSA) is 90.5 Å². The lowest BCUT2D eigenvalue weighted by molar-refractivity contribution is -0.120. The number of hydrogen-bond acceptors (Lipinski definition) is 4. The van der Waals surface area contributed by atoms with E-state index in [0.29, 0.717) is 11.1 Å². The molecule has 0 aromatic heterocycles. The first-order valence-electron chi connectivity index (χ1n) is 9.74. The Morgan fingerprint density at radius 3 is 2.06 bits per heavy atom. The molecule has 0 spiro atoms. The molecule has 3 aromatic rings. The van der Waals surface area contributed by atoms with Crippen LogP contribution >= 0.6 is 0 Å². The fourth-order valence-electron chi connectivity index (χ4n) is 2.88. The van der Waals surface area contributed by atoms with Crippen molar-refractivity contribution in [2.45, 2.75) is 0 Å². The van der Waals surface area contributed by atoms with E-state index in [4.69, 9.17) is 0 Å². The summed E-state index contributed by atoms with van der Waals surface area (Å²) in [5.74, 6) is -1.36. The number of carbonyl (C=O) groups excluding carboxylic acids is 3. The minimum Gasteiger partial charge on any atom is -0.378 e. The molecule has 158 valence electrons. The van der Waals surface area contributed by atoms with Crippen molar-refractivity contribution in [2.75, 3.05) is 25.5 Å². The maximum absolute atomic E-state index is 12.3. The van der Waals surface area contributed by atoms with E-state index in [1.54, 1.807) is 30.3 Å². The Bertz CT molecular complexity index is 1060. The summed E-state index contributed by atoms with van der Waals surface area (Å²) in [7, 11) is 3.74. The van der Waals surface area contributed by atoms with Gasteiger partial charge in [0, 0.05) is 30.9 Å². The molecule has 0 saturated carbocycles. The van der Waals surface area contributed by atoms with Crippen LogP contribution in [0.4, 0.5) is 5.69 Å². The molecule has 0 heterocycles. The molecular formula is C24H24N4O3. The van der Waals surface area contributed by atoms with Gasteiger partial charge in [-0.1, -0.05) is 48.5 Å². The Kier molecular flexibility index (Phi) is 7.01. The zero-order chi connectivity index (χ0) is 22.2. The molecule has 0 atom stereocenters. The molecule has 0 fully saturated rings. The van der Waals surface area contributed by atoms with Gasteiger partial charge in [0.1, 0.15) is 0 Å². The van der Waals surface area contributed by atoms with E-state index in [2.05, 4.69) is 16.2 Å². The smallest absolute Gasteiger partial charge is 0.269 e. The maximum Gasteiger partial charge on any atom is 0.269 e. The first-order valence-corrected chi connectivity index (χ1v) is 9.74. The minimum atomic E-state index is -0.536. The van der Waals surface area contributed by atoms with Gasteiger partial charge in [0.15, 0.2) is 0 Å². The van der Waals surface area contributed by atoms with Gasteiger partial charge >= 0.3 is 0 Å². The largest absolute Gasteiger partial charge is 0.378 e. The highest BCUT2D eigenvalue weighted by Crippen LogP contribution is 2.19. The summed E-state index contributed by atoms with van der Waals surface area (Å²) >= 11 is 0. The van der Waals surface area contributed by atoms with E-state index in [0.717, 1.165) is 16.8 Å². The highest BCUT2D eigenvalue weighted by Gasteiger charge is 2.11. The van der Waals surface area contributed by atoms with Crippen LogP contribution in [0.1, 0.15) is 20.7 Å². The second-order valence-electron chi connectivity index (χ2n) is 7.07. The number of nitrogens with zero attached hydrogens (tertiary/aromatic N) is 1. The molecule has 7 heteroatoms. The predicted octanol–water partition coefficient (Wildman–Crippen LogP) is 2.61. The molecule has 0 saturated heterocycles. The number of rotatable bonds is 6. The lowest BCUT2D eigenvalue weighted by Crippen LogP contribution is -2.46. The van der Waals surface area contributed by atoms with E-state index < -0.39 is 11.8 Å². The molecule has 0 aliphatic heterocycles. The van der Waals surface area contributed by atoms with Gasteiger partial charge < -0.3 is 10.2 Å². The molecular weight excluding hydrogens is 392 g/mol. The third kappa shape index (κ3) is 5.93. The second-order valence-corrected chi connectivity index (χ2v) is 7.07. The van der Waals surface area contributed by atoms with Crippen molar-refractivity contribution < 1.29 is 14.4 Å². The van der Waals surface area contributed by atoms with Crippen LogP contribution in [0.3, 0.4) is 0 Å². The van der Waals surface area contributed by atoms with E-state index in [9.17, 15) is 14.4 Å². The highest BCUT2D eigenvalue weighted by molar-refractivity contribution is 5.98. The molecule has 0 bridgehead atoms. The van der Waals surface area contributed by atoms with Crippen LogP contribution in [0, 0.1) is 0 Å². The summed E-state index contributed by atoms with van der Waals surface area (Å²) in [6.07, 6.45) is 0. The molecule has 3 aromatic carbocycles. The third-order valence-electron chi connectivity index (χ3n) is 4.60. The number of benzene rings is 3.